The third-order valence-electron chi connectivity index (χ3n) is 3.05. The first kappa shape index (κ1) is 14.7. The second-order valence-corrected chi connectivity index (χ2v) is 4.50. The number of hydrogen-bond donors (Lipinski definition) is 0. The molecule has 0 bridgehead atoms. The van der Waals surface area contributed by atoms with Crippen molar-refractivity contribution >= 4 is 5.78 Å². The fourth-order valence-corrected chi connectivity index (χ4v) is 1.93. The Morgan fingerprint density at radius 3 is 2.57 bits per heavy atom. The number of halogens is 1. The third kappa shape index (κ3) is 3.46. The van der Waals surface area contributed by atoms with Gasteiger partial charge in [0.1, 0.15) is 0 Å². The Bertz CT molecular complexity index is 677. The highest BCUT2D eigenvalue weighted by Gasteiger charge is 2.21. The smallest absolute Gasteiger partial charge is 0.203 e. The summed E-state index contributed by atoms with van der Waals surface area (Å²) < 4.78 is 19.3. The van der Waals surface area contributed by atoms with Gasteiger partial charge in [0.25, 0.3) is 0 Å². The summed E-state index contributed by atoms with van der Waals surface area (Å²) in [5.74, 6) is -0.861. The highest BCUT2D eigenvalue weighted by molar-refractivity contribution is 5.99. The number of carbonyl (C=O) groups excluding carboxylic acids is 1. The molecule has 0 aliphatic carbocycles. The number of benzene rings is 2. The van der Waals surface area contributed by atoms with Crippen LogP contribution in [0, 0.1) is 17.1 Å². The zero-order valence-corrected chi connectivity index (χ0v) is 11.5. The van der Waals surface area contributed by atoms with Crippen LogP contribution in [0.4, 0.5) is 4.39 Å². The standard InChI is InChI=1S/C17H14FNO2/c1-2-15(17(20)13-6-4-3-5-7-13)21-16-9-8-12(11-19)10-14(16)18/h3-10,15H,2H2,1H3. The molecule has 4 heteroatoms. The van der Waals surface area contributed by atoms with Gasteiger partial charge < -0.3 is 4.74 Å². The van der Waals surface area contributed by atoms with Gasteiger partial charge in [-0.3, -0.25) is 4.79 Å². The molecule has 0 saturated heterocycles. The summed E-state index contributed by atoms with van der Waals surface area (Å²) in [6.45, 7) is 1.80. The van der Waals surface area contributed by atoms with Crippen molar-refractivity contribution in [1.82, 2.24) is 0 Å². The van der Waals surface area contributed by atoms with Gasteiger partial charge in [0, 0.05) is 5.56 Å². The van der Waals surface area contributed by atoms with Crippen molar-refractivity contribution in [1.29, 1.82) is 5.26 Å². The number of nitrogens with zero attached hydrogens (tertiary/aromatic N) is 1. The predicted molar refractivity (Wildman–Crippen MR) is 76.6 cm³/mol. The number of nitriles is 1. The lowest BCUT2D eigenvalue weighted by Gasteiger charge is -2.17. The molecule has 21 heavy (non-hydrogen) atoms. The molecule has 0 saturated carbocycles. The number of ether oxygens (including phenoxy) is 1. The average molecular weight is 283 g/mol. The first-order valence-corrected chi connectivity index (χ1v) is 6.61. The molecule has 2 aromatic rings. The van der Waals surface area contributed by atoms with Gasteiger partial charge in [0.05, 0.1) is 11.6 Å². The molecule has 106 valence electrons. The van der Waals surface area contributed by atoms with Crippen LogP contribution in [0.5, 0.6) is 5.75 Å². The van der Waals surface area contributed by atoms with Crippen molar-refractivity contribution in [3.05, 3.63) is 65.5 Å². The summed E-state index contributed by atoms with van der Waals surface area (Å²) in [4.78, 5) is 12.3. The molecule has 2 rings (SSSR count). The molecule has 0 fully saturated rings. The van der Waals surface area contributed by atoms with Crippen LogP contribution in [-0.2, 0) is 0 Å². The Labute approximate surface area is 122 Å². The van der Waals surface area contributed by atoms with Gasteiger partial charge in [-0.05, 0) is 24.6 Å². The van der Waals surface area contributed by atoms with E-state index in [2.05, 4.69) is 0 Å². The van der Waals surface area contributed by atoms with Crippen molar-refractivity contribution < 1.29 is 13.9 Å². The molecule has 1 atom stereocenters. The zero-order valence-electron chi connectivity index (χ0n) is 11.5. The fourth-order valence-electron chi connectivity index (χ4n) is 1.93. The van der Waals surface area contributed by atoms with E-state index in [-0.39, 0.29) is 17.1 Å². The Hall–Kier alpha value is -2.67. The SMILES string of the molecule is CCC(Oc1ccc(C#N)cc1F)C(=O)c1ccccc1. The van der Waals surface area contributed by atoms with Crippen LogP contribution in [-0.4, -0.2) is 11.9 Å². The highest BCUT2D eigenvalue weighted by Crippen LogP contribution is 2.21. The Kier molecular flexibility index (Phi) is 4.68. The number of rotatable bonds is 5. The molecule has 0 aliphatic heterocycles. The minimum Gasteiger partial charge on any atom is -0.479 e. The summed E-state index contributed by atoms with van der Waals surface area (Å²) in [6, 6.07) is 14.5. The van der Waals surface area contributed by atoms with Crippen LogP contribution in [0.15, 0.2) is 48.5 Å². The summed E-state index contributed by atoms with van der Waals surface area (Å²) in [5.41, 5.74) is 0.737. The van der Waals surface area contributed by atoms with Gasteiger partial charge in [0.2, 0.25) is 5.78 Å². The normalized spacial score (nSPS) is 11.5. The molecule has 0 aliphatic rings. The molecule has 0 spiro atoms. The molecule has 2 aromatic carbocycles. The summed E-state index contributed by atoms with van der Waals surface area (Å²) in [6.07, 6.45) is -0.331. The van der Waals surface area contributed by atoms with Crippen molar-refractivity contribution in [2.75, 3.05) is 0 Å². The van der Waals surface area contributed by atoms with Gasteiger partial charge in [-0.25, -0.2) is 4.39 Å². The van der Waals surface area contributed by atoms with Crippen molar-refractivity contribution in [2.45, 2.75) is 19.4 Å². The minimum atomic E-state index is -0.755. The van der Waals surface area contributed by atoms with Crippen LogP contribution < -0.4 is 4.74 Å². The number of carbonyl (C=O) groups is 1. The first-order chi connectivity index (χ1) is 10.2. The topological polar surface area (TPSA) is 50.1 Å². The molecular weight excluding hydrogens is 269 g/mol. The molecule has 0 heterocycles. The maximum atomic E-state index is 13.8. The van der Waals surface area contributed by atoms with Crippen molar-refractivity contribution in [3.8, 4) is 11.8 Å². The fraction of sp³-hybridized carbons (Fsp3) is 0.176. The summed E-state index contributed by atoms with van der Waals surface area (Å²) in [5, 5.41) is 8.71. The number of hydrogen-bond acceptors (Lipinski definition) is 3. The first-order valence-electron chi connectivity index (χ1n) is 6.61. The zero-order chi connectivity index (χ0) is 15.2. The van der Waals surface area contributed by atoms with Crippen LogP contribution in [0.3, 0.4) is 0 Å². The molecule has 0 N–H and O–H groups in total. The van der Waals surface area contributed by atoms with E-state index in [1.165, 1.54) is 12.1 Å². The Morgan fingerprint density at radius 2 is 2.00 bits per heavy atom. The molecule has 0 amide bonds. The quantitative estimate of drug-likeness (QED) is 0.785. The second-order valence-electron chi connectivity index (χ2n) is 4.50. The van der Waals surface area contributed by atoms with Crippen molar-refractivity contribution in [3.63, 3.8) is 0 Å². The van der Waals surface area contributed by atoms with Gasteiger partial charge >= 0.3 is 0 Å². The summed E-state index contributed by atoms with van der Waals surface area (Å²) in [7, 11) is 0. The maximum absolute atomic E-state index is 13.8. The summed E-state index contributed by atoms with van der Waals surface area (Å²) >= 11 is 0. The molecule has 1 unspecified atom stereocenters. The predicted octanol–water partition coefficient (Wildman–Crippen LogP) is 3.74. The molecular formula is C17H14FNO2. The van der Waals surface area contributed by atoms with Crippen LogP contribution in [0.2, 0.25) is 0 Å². The molecule has 0 radical (unpaired) electrons. The largest absolute Gasteiger partial charge is 0.479 e. The highest BCUT2D eigenvalue weighted by atomic mass is 19.1. The lowest BCUT2D eigenvalue weighted by molar-refractivity contribution is 0.0780. The van der Waals surface area contributed by atoms with Crippen LogP contribution in [0.25, 0.3) is 0 Å². The van der Waals surface area contributed by atoms with Gasteiger partial charge in [-0.15, -0.1) is 0 Å². The van der Waals surface area contributed by atoms with Gasteiger partial charge in [-0.1, -0.05) is 37.3 Å². The Balaban J connectivity index is 2.20. The van der Waals surface area contributed by atoms with E-state index >= 15 is 0 Å². The minimum absolute atomic E-state index is 0.0230. The monoisotopic (exact) mass is 283 g/mol. The average Bonchev–Trinajstić information content (AvgIpc) is 2.54. The van der Waals surface area contributed by atoms with Crippen LogP contribution in [0.1, 0.15) is 29.3 Å². The third-order valence-corrected chi connectivity index (χ3v) is 3.05. The van der Waals surface area contributed by atoms with E-state index in [0.717, 1.165) is 6.07 Å². The number of Topliss-reactive ketones (excluding diaryl/α,β-unsaturated/α-hetero) is 1. The van der Waals surface area contributed by atoms with Crippen LogP contribution >= 0.6 is 0 Å². The van der Waals surface area contributed by atoms with E-state index in [1.807, 2.05) is 12.1 Å². The molecule has 3 nitrogen and oxygen atoms in total. The second kappa shape index (κ2) is 6.67. The van der Waals surface area contributed by atoms with Crippen molar-refractivity contribution in [2.24, 2.45) is 0 Å². The van der Waals surface area contributed by atoms with E-state index in [0.29, 0.717) is 12.0 Å². The molecule has 0 aromatic heterocycles. The lowest BCUT2D eigenvalue weighted by Crippen LogP contribution is -2.27. The Morgan fingerprint density at radius 1 is 1.29 bits per heavy atom. The van der Waals surface area contributed by atoms with Gasteiger partial charge in [-0.2, -0.15) is 5.26 Å². The number of ketones is 1. The van der Waals surface area contributed by atoms with E-state index in [1.54, 1.807) is 31.2 Å². The van der Waals surface area contributed by atoms with E-state index in [4.69, 9.17) is 10.00 Å². The van der Waals surface area contributed by atoms with E-state index in [9.17, 15) is 9.18 Å². The maximum Gasteiger partial charge on any atom is 0.203 e. The van der Waals surface area contributed by atoms with Gasteiger partial charge in [0.15, 0.2) is 17.7 Å². The lowest BCUT2D eigenvalue weighted by atomic mass is 10.0. The van der Waals surface area contributed by atoms with E-state index < -0.39 is 11.9 Å².